The Labute approximate surface area is 206 Å². The van der Waals surface area contributed by atoms with Crippen molar-refractivity contribution in [2.75, 3.05) is 6.61 Å². The van der Waals surface area contributed by atoms with Crippen molar-refractivity contribution in [3.63, 3.8) is 0 Å². The number of esters is 2. The van der Waals surface area contributed by atoms with E-state index >= 15 is 0 Å². The number of carbonyl (C=O) groups excluding carboxylic acids is 2. The van der Waals surface area contributed by atoms with Crippen LogP contribution in [-0.2, 0) is 19.1 Å². The Morgan fingerprint density at radius 3 is 1.45 bits per heavy atom. The fourth-order valence-electron chi connectivity index (χ4n) is 4.20. The summed E-state index contributed by atoms with van der Waals surface area (Å²) in [6, 6.07) is 0. The van der Waals surface area contributed by atoms with Crippen molar-refractivity contribution in [2.45, 2.75) is 168 Å². The molecule has 4 nitrogen and oxygen atoms in total. The van der Waals surface area contributed by atoms with Crippen molar-refractivity contribution in [2.24, 2.45) is 0 Å². The summed E-state index contributed by atoms with van der Waals surface area (Å²) in [7, 11) is 0. The first-order chi connectivity index (χ1) is 16.1. The summed E-state index contributed by atoms with van der Waals surface area (Å²) in [5, 5.41) is 0. The monoisotopic (exact) mass is 468 g/mol. The van der Waals surface area contributed by atoms with Gasteiger partial charge < -0.3 is 9.47 Å². The van der Waals surface area contributed by atoms with Gasteiger partial charge in [0.05, 0.1) is 12.7 Å². The van der Waals surface area contributed by atoms with E-state index in [-0.39, 0.29) is 18.0 Å². The van der Waals surface area contributed by atoms with Gasteiger partial charge in [-0.2, -0.15) is 0 Å². The largest absolute Gasteiger partial charge is 0.466 e. The molecule has 0 rings (SSSR count). The van der Waals surface area contributed by atoms with Crippen LogP contribution in [0.1, 0.15) is 162 Å². The van der Waals surface area contributed by atoms with Crippen LogP contribution in [0.4, 0.5) is 0 Å². The molecular formula is C29H56O4. The summed E-state index contributed by atoms with van der Waals surface area (Å²) < 4.78 is 10.7. The van der Waals surface area contributed by atoms with Crippen LogP contribution in [0.5, 0.6) is 0 Å². The number of hydrogen-bond acceptors (Lipinski definition) is 4. The third-order valence-electron chi connectivity index (χ3n) is 6.30. The predicted molar refractivity (Wildman–Crippen MR) is 139 cm³/mol. The molecule has 0 aromatic heterocycles. The van der Waals surface area contributed by atoms with E-state index in [9.17, 15) is 9.59 Å². The molecule has 0 saturated carbocycles. The second kappa shape index (κ2) is 25.6. The normalized spacial score (nSPS) is 12.0. The van der Waals surface area contributed by atoms with Crippen LogP contribution in [0.3, 0.4) is 0 Å². The van der Waals surface area contributed by atoms with Gasteiger partial charge in [-0.15, -0.1) is 0 Å². The quantitative estimate of drug-likeness (QED) is 0.0990. The highest BCUT2D eigenvalue weighted by Gasteiger charge is 2.09. The molecule has 1 atom stereocenters. The van der Waals surface area contributed by atoms with Crippen LogP contribution < -0.4 is 0 Å². The van der Waals surface area contributed by atoms with Gasteiger partial charge in [0, 0.05) is 12.8 Å². The van der Waals surface area contributed by atoms with Gasteiger partial charge in [0.2, 0.25) is 0 Å². The van der Waals surface area contributed by atoms with Crippen LogP contribution in [-0.4, -0.2) is 24.6 Å². The summed E-state index contributed by atoms with van der Waals surface area (Å²) in [5.41, 5.74) is 0. The van der Waals surface area contributed by atoms with Crippen molar-refractivity contribution in [3.05, 3.63) is 0 Å². The highest BCUT2D eigenvalue weighted by molar-refractivity contribution is 5.70. The van der Waals surface area contributed by atoms with Gasteiger partial charge in [-0.05, 0) is 32.6 Å². The Morgan fingerprint density at radius 1 is 0.545 bits per heavy atom. The molecule has 33 heavy (non-hydrogen) atoms. The van der Waals surface area contributed by atoms with E-state index in [1.165, 1.54) is 83.5 Å². The maximum atomic E-state index is 11.8. The lowest BCUT2D eigenvalue weighted by molar-refractivity contribution is -0.148. The summed E-state index contributed by atoms with van der Waals surface area (Å²) in [6.07, 6.45) is 25.4. The molecule has 0 aliphatic rings. The molecule has 0 saturated heterocycles. The Balaban J connectivity index is 3.26. The lowest BCUT2D eigenvalue weighted by Crippen LogP contribution is -2.14. The molecule has 0 aliphatic heterocycles. The third-order valence-corrected chi connectivity index (χ3v) is 6.30. The first-order valence-electron chi connectivity index (χ1n) is 14.4. The molecule has 4 heteroatoms. The van der Waals surface area contributed by atoms with Crippen LogP contribution in [0, 0.1) is 0 Å². The van der Waals surface area contributed by atoms with Gasteiger partial charge >= 0.3 is 11.9 Å². The number of ether oxygens (including phenoxy) is 2. The molecule has 1 unspecified atom stereocenters. The van der Waals surface area contributed by atoms with Gasteiger partial charge in [-0.25, -0.2) is 0 Å². The maximum absolute atomic E-state index is 11.8. The van der Waals surface area contributed by atoms with Gasteiger partial charge in [0.25, 0.3) is 0 Å². The first-order valence-corrected chi connectivity index (χ1v) is 14.4. The van der Waals surface area contributed by atoms with Crippen LogP contribution in [0.2, 0.25) is 0 Å². The van der Waals surface area contributed by atoms with Crippen molar-refractivity contribution >= 4 is 11.9 Å². The van der Waals surface area contributed by atoms with Crippen molar-refractivity contribution in [1.82, 2.24) is 0 Å². The molecule has 0 N–H and O–H groups in total. The van der Waals surface area contributed by atoms with Crippen molar-refractivity contribution in [3.8, 4) is 0 Å². The molecule has 0 spiro atoms. The smallest absolute Gasteiger partial charge is 0.306 e. The molecule has 0 heterocycles. The fraction of sp³-hybridized carbons (Fsp3) is 0.931. The van der Waals surface area contributed by atoms with Gasteiger partial charge in [0.1, 0.15) is 0 Å². The van der Waals surface area contributed by atoms with E-state index in [2.05, 4.69) is 13.8 Å². The highest BCUT2D eigenvalue weighted by atomic mass is 16.5. The van der Waals surface area contributed by atoms with Crippen molar-refractivity contribution in [1.29, 1.82) is 0 Å². The molecule has 0 bridgehead atoms. The molecular weight excluding hydrogens is 412 g/mol. The molecule has 0 aromatic rings. The highest BCUT2D eigenvalue weighted by Crippen LogP contribution is 2.13. The van der Waals surface area contributed by atoms with E-state index < -0.39 is 0 Å². The Hall–Kier alpha value is -1.06. The number of hydrogen-bond donors (Lipinski definition) is 0. The van der Waals surface area contributed by atoms with Gasteiger partial charge in [0.15, 0.2) is 0 Å². The minimum absolute atomic E-state index is 0.0113. The second-order valence-electron chi connectivity index (χ2n) is 9.82. The SMILES string of the molecule is CCCCCCCCCCCCCCCCCOC(=O)CCCCCC(=O)OC(C)CCC. The van der Waals surface area contributed by atoms with E-state index in [4.69, 9.17) is 9.47 Å². The van der Waals surface area contributed by atoms with Crippen LogP contribution in [0.25, 0.3) is 0 Å². The summed E-state index contributed by atoms with van der Waals surface area (Å²) in [4.78, 5) is 23.5. The van der Waals surface area contributed by atoms with E-state index in [1.54, 1.807) is 0 Å². The number of carbonyl (C=O) groups is 2. The molecule has 0 amide bonds. The van der Waals surface area contributed by atoms with E-state index in [0.717, 1.165) is 44.9 Å². The van der Waals surface area contributed by atoms with E-state index in [0.29, 0.717) is 19.4 Å². The molecule has 0 radical (unpaired) electrons. The lowest BCUT2D eigenvalue weighted by atomic mass is 10.0. The predicted octanol–water partition coefficient (Wildman–Crippen LogP) is 9.08. The molecule has 0 aromatic carbocycles. The average Bonchev–Trinajstić information content (AvgIpc) is 2.78. The summed E-state index contributed by atoms with van der Waals surface area (Å²) >= 11 is 0. The minimum atomic E-state index is -0.119. The zero-order valence-electron chi connectivity index (χ0n) is 22.5. The van der Waals surface area contributed by atoms with Crippen LogP contribution in [0.15, 0.2) is 0 Å². The summed E-state index contributed by atoms with van der Waals surface area (Å²) in [5.74, 6) is -0.216. The maximum Gasteiger partial charge on any atom is 0.306 e. The molecule has 0 fully saturated rings. The molecule has 0 aliphatic carbocycles. The molecule has 196 valence electrons. The Bertz CT molecular complexity index is 435. The Morgan fingerprint density at radius 2 is 0.970 bits per heavy atom. The fourth-order valence-corrected chi connectivity index (χ4v) is 4.20. The van der Waals surface area contributed by atoms with Crippen molar-refractivity contribution < 1.29 is 19.1 Å². The average molecular weight is 469 g/mol. The number of unbranched alkanes of at least 4 members (excludes halogenated alkanes) is 16. The summed E-state index contributed by atoms with van der Waals surface area (Å²) in [6.45, 7) is 6.86. The first kappa shape index (κ1) is 31.9. The van der Waals surface area contributed by atoms with Gasteiger partial charge in [-0.1, -0.05) is 117 Å². The standard InChI is InChI=1S/C29H56O4/c1-4-6-7-8-9-10-11-12-13-14-15-16-17-18-22-26-32-28(30)24-20-19-21-25-29(31)33-27(3)23-5-2/h27H,4-26H2,1-3H3. The number of rotatable bonds is 25. The Kier molecular flexibility index (Phi) is 24.7. The zero-order valence-corrected chi connectivity index (χ0v) is 22.5. The second-order valence-corrected chi connectivity index (χ2v) is 9.82. The lowest BCUT2D eigenvalue weighted by Gasteiger charge is -2.11. The third kappa shape index (κ3) is 25.4. The van der Waals surface area contributed by atoms with Gasteiger partial charge in [-0.3, -0.25) is 9.59 Å². The zero-order chi connectivity index (χ0) is 24.4. The van der Waals surface area contributed by atoms with E-state index in [1.807, 2.05) is 6.92 Å². The minimum Gasteiger partial charge on any atom is -0.466 e. The van der Waals surface area contributed by atoms with Crippen LogP contribution >= 0.6 is 0 Å². The topological polar surface area (TPSA) is 52.6 Å².